The molecule has 1 aliphatic heterocycles. The summed E-state index contributed by atoms with van der Waals surface area (Å²) in [5, 5.41) is 7.83. The smallest absolute Gasteiger partial charge is 0.226 e. The van der Waals surface area contributed by atoms with Gasteiger partial charge in [-0.2, -0.15) is 5.10 Å². The van der Waals surface area contributed by atoms with Gasteiger partial charge in [0.05, 0.1) is 12.2 Å². The first-order chi connectivity index (χ1) is 11.1. The van der Waals surface area contributed by atoms with E-state index < -0.39 is 0 Å². The van der Waals surface area contributed by atoms with Gasteiger partial charge in [-0.05, 0) is 30.5 Å². The number of hydrogen-bond donors (Lipinski definition) is 1. The first kappa shape index (κ1) is 14.7. The molecule has 1 saturated carbocycles. The van der Waals surface area contributed by atoms with Gasteiger partial charge in [-0.15, -0.1) is 0 Å². The van der Waals surface area contributed by atoms with Crippen LogP contribution < -0.4 is 5.32 Å². The summed E-state index contributed by atoms with van der Waals surface area (Å²) in [7, 11) is 0. The molecule has 1 amide bonds. The van der Waals surface area contributed by atoms with Gasteiger partial charge in [0, 0.05) is 22.9 Å². The van der Waals surface area contributed by atoms with Crippen LogP contribution >= 0.6 is 11.6 Å². The van der Waals surface area contributed by atoms with Crippen LogP contribution in [0.4, 0.5) is 10.2 Å². The molecule has 120 valence electrons. The van der Waals surface area contributed by atoms with Crippen LogP contribution in [0.5, 0.6) is 0 Å². The van der Waals surface area contributed by atoms with E-state index in [1.807, 2.05) is 10.9 Å². The number of aromatic nitrogens is 2. The third-order valence-electron chi connectivity index (χ3n) is 4.85. The number of halogens is 2. The topological polar surface area (TPSA) is 46.9 Å². The molecule has 2 aliphatic rings. The maximum atomic E-state index is 13.3. The molecule has 2 aromatic rings. The van der Waals surface area contributed by atoms with E-state index in [0.717, 1.165) is 29.8 Å². The molecule has 0 radical (unpaired) electrons. The lowest BCUT2D eigenvalue weighted by molar-refractivity contribution is -0.116. The molecule has 1 aromatic heterocycles. The van der Waals surface area contributed by atoms with Crippen molar-refractivity contribution in [2.45, 2.75) is 44.1 Å². The number of benzene rings is 1. The van der Waals surface area contributed by atoms with Gasteiger partial charge in [-0.25, -0.2) is 9.07 Å². The zero-order valence-corrected chi connectivity index (χ0v) is 13.3. The fourth-order valence-corrected chi connectivity index (χ4v) is 4.02. The molecule has 1 atom stereocenters. The van der Waals surface area contributed by atoms with Gasteiger partial charge in [0.2, 0.25) is 5.91 Å². The van der Waals surface area contributed by atoms with Crippen LogP contribution in [0.25, 0.3) is 0 Å². The van der Waals surface area contributed by atoms with Gasteiger partial charge in [0.1, 0.15) is 11.6 Å². The number of amides is 1. The second kappa shape index (κ2) is 5.64. The van der Waals surface area contributed by atoms with Crippen molar-refractivity contribution in [3.8, 4) is 0 Å². The molecule has 1 fully saturated rings. The van der Waals surface area contributed by atoms with Crippen molar-refractivity contribution in [2.24, 2.45) is 0 Å². The number of carbonyl (C=O) groups excluding carboxylic acids is 1. The van der Waals surface area contributed by atoms with Gasteiger partial charge in [0.25, 0.3) is 0 Å². The summed E-state index contributed by atoms with van der Waals surface area (Å²) in [6, 6.07) is 4.69. The van der Waals surface area contributed by atoms with Crippen LogP contribution in [0.15, 0.2) is 24.4 Å². The average Bonchev–Trinajstić information content (AvgIpc) is 3.15. The van der Waals surface area contributed by atoms with Crippen LogP contribution in [0.3, 0.4) is 0 Å². The van der Waals surface area contributed by atoms with Gasteiger partial charge < -0.3 is 5.32 Å². The molecule has 4 nitrogen and oxygen atoms in total. The van der Waals surface area contributed by atoms with E-state index >= 15 is 0 Å². The lowest BCUT2D eigenvalue weighted by Crippen LogP contribution is -2.25. The summed E-state index contributed by atoms with van der Waals surface area (Å²) < 4.78 is 15.3. The molecule has 23 heavy (non-hydrogen) atoms. The SMILES string of the molecule is O=C1CC(c2ccc(F)cc2Cl)c2cnn(C3CCCC3)c2N1. The van der Waals surface area contributed by atoms with E-state index in [2.05, 4.69) is 10.4 Å². The summed E-state index contributed by atoms with van der Waals surface area (Å²) in [5.41, 5.74) is 1.74. The minimum atomic E-state index is -0.374. The fraction of sp³-hybridized carbons (Fsp3) is 0.412. The van der Waals surface area contributed by atoms with Gasteiger partial charge >= 0.3 is 0 Å². The number of hydrogen-bond acceptors (Lipinski definition) is 2. The van der Waals surface area contributed by atoms with Gasteiger partial charge in [-0.1, -0.05) is 30.5 Å². The monoisotopic (exact) mass is 333 g/mol. The standard InChI is InChI=1S/C17H17ClFN3O/c18-15-7-10(19)5-6-12(15)13-8-16(23)21-17-14(13)9-20-22(17)11-3-1-2-4-11/h5-7,9,11,13H,1-4,8H2,(H,21,23). The molecule has 1 N–H and O–H groups in total. The third-order valence-corrected chi connectivity index (χ3v) is 5.18. The van der Waals surface area contributed by atoms with Crippen molar-refractivity contribution < 1.29 is 9.18 Å². The number of nitrogens with zero attached hydrogens (tertiary/aromatic N) is 2. The number of rotatable bonds is 2. The Kier molecular flexibility index (Phi) is 3.60. The van der Waals surface area contributed by atoms with Crippen LogP contribution in [0.2, 0.25) is 5.02 Å². The summed E-state index contributed by atoms with van der Waals surface area (Å²) in [6.45, 7) is 0. The zero-order chi connectivity index (χ0) is 16.0. The Labute approximate surface area is 138 Å². The Morgan fingerprint density at radius 1 is 1.26 bits per heavy atom. The van der Waals surface area contributed by atoms with Crippen LogP contribution in [0, 0.1) is 5.82 Å². The van der Waals surface area contributed by atoms with Crippen molar-refractivity contribution in [1.29, 1.82) is 0 Å². The third kappa shape index (κ3) is 2.53. The van der Waals surface area contributed by atoms with Crippen LogP contribution in [0.1, 0.15) is 55.2 Å². The quantitative estimate of drug-likeness (QED) is 0.892. The molecule has 1 unspecified atom stereocenters. The number of nitrogens with one attached hydrogen (secondary N) is 1. The normalized spacial score (nSPS) is 21.3. The second-order valence-electron chi connectivity index (χ2n) is 6.30. The fourth-order valence-electron chi connectivity index (χ4n) is 3.73. The average molecular weight is 334 g/mol. The summed E-state index contributed by atoms with van der Waals surface area (Å²) in [4.78, 5) is 12.2. The Hall–Kier alpha value is -1.88. The minimum absolute atomic E-state index is 0.0531. The summed E-state index contributed by atoms with van der Waals surface area (Å²) in [6.07, 6.45) is 6.69. The molecule has 2 heterocycles. The van der Waals surface area contributed by atoms with E-state index in [0.29, 0.717) is 17.5 Å². The highest BCUT2D eigenvalue weighted by Gasteiger charge is 2.33. The molecular formula is C17H17ClFN3O. The Balaban J connectivity index is 1.78. The lowest BCUT2D eigenvalue weighted by atomic mass is 9.87. The van der Waals surface area contributed by atoms with Crippen LogP contribution in [-0.2, 0) is 4.79 Å². The Bertz CT molecular complexity index is 767. The second-order valence-corrected chi connectivity index (χ2v) is 6.71. The predicted octanol–water partition coefficient (Wildman–Crippen LogP) is 4.26. The molecule has 0 bridgehead atoms. The molecule has 4 rings (SSSR count). The Morgan fingerprint density at radius 3 is 2.78 bits per heavy atom. The first-order valence-electron chi connectivity index (χ1n) is 7.95. The van der Waals surface area contributed by atoms with E-state index in [9.17, 15) is 9.18 Å². The highest BCUT2D eigenvalue weighted by atomic mass is 35.5. The first-order valence-corrected chi connectivity index (χ1v) is 8.33. The van der Waals surface area contributed by atoms with E-state index in [4.69, 9.17) is 11.6 Å². The lowest BCUT2D eigenvalue weighted by Gasteiger charge is -2.25. The molecule has 1 aliphatic carbocycles. The van der Waals surface area contributed by atoms with Crippen molar-refractivity contribution >= 4 is 23.3 Å². The minimum Gasteiger partial charge on any atom is -0.311 e. The molecule has 0 spiro atoms. The zero-order valence-electron chi connectivity index (χ0n) is 12.6. The van der Waals surface area contributed by atoms with Crippen LogP contribution in [-0.4, -0.2) is 15.7 Å². The number of carbonyl (C=O) groups is 1. The largest absolute Gasteiger partial charge is 0.311 e. The number of fused-ring (bicyclic) bond motifs is 1. The van der Waals surface area contributed by atoms with E-state index in [1.165, 1.54) is 25.0 Å². The summed E-state index contributed by atoms with van der Waals surface area (Å²) >= 11 is 6.21. The molecular weight excluding hydrogens is 317 g/mol. The molecule has 1 aromatic carbocycles. The molecule has 6 heteroatoms. The maximum absolute atomic E-state index is 13.3. The van der Waals surface area contributed by atoms with Crippen molar-refractivity contribution in [3.05, 3.63) is 46.4 Å². The van der Waals surface area contributed by atoms with E-state index in [1.54, 1.807) is 6.07 Å². The van der Waals surface area contributed by atoms with E-state index in [-0.39, 0.29) is 17.6 Å². The van der Waals surface area contributed by atoms with Gasteiger partial charge in [0.15, 0.2) is 0 Å². The van der Waals surface area contributed by atoms with Gasteiger partial charge in [-0.3, -0.25) is 4.79 Å². The maximum Gasteiger partial charge on any atom is 0.226 e. The van der Waals surface area contributed by atoms with Crippen molar-refractivity contribution in [1.82, 2.24) is 9.78 Å². The number of anilines is 1. The predicted molar refractivity (Wildman–Crippen MR) is 86.2 cm³/mol. The highest BCUT2D eigenvalue weighted by molar-refractivity contribution is 6.31. The molecule has 0 saturated heterocycles. The summed E-state index contributed by atoms with van der Waals surface area (Å²) in [5.74, 6) is 0.170. The van der Waals surface area contributed by atoms with Crippen molar-refractivity contribution in [2.75, 3.05) is 5.32 Å². The van der Waals surface area contributed by atoms with Crippen molar-refractivity contribution in [3.63, 3.8) is 0 Å². The Morgan fingerprint density at radius 2 is 2.04 bits per heavy atom. The highest BCUT2D eigenvalue weighted by Crippen LogP contribution is 2.42.